The molecule has 2 heterocycles. The van der Waals surface area contributed by atoms with Gasteiger partial charge in [0.2, 0.25) is 0 Å². The van der Waals surface area contributed by atoms with Crippen LogP contribution in [0.1, 0.15) is 29.3 Å². The average molecular weight is 410 g/mol. The lowest BCUT2D eigenvalue weighted by atomic mass is 9.98. The second-order valence-electron chi connectivity index (χ2n) is 7.37. The minimum atomic E-state index is -0.300. The lowest BCUT2D eigenvalue weighted by Crippen LogP contribution is -2.40. The summed E-state index contributed by atoms with van der Waals surface area (Å²) in [5.74, 6) is 1.00. The van der Waals surface area contributed by atoms with Gasteiger partial charge in [-0.25, -0.2) is 0 Å². The quantitative estimate of drug-likeness (QED) is 0.707. The summed E-state index contributed by atoms with van der Waals surface area (Å²) >= 11 is 0. The Hall–Kier alpha value is -3.26. The molecule has 2 aromatic rings. The zero-order valence-electron chi connectivity index (χ0n) is 17.2. The highest BCUT2D eigenvalue weighted by Crippen LogP contribution is 2.41. The van der Waals surface area contributed by atoms with Crippen molar-refractivity contribution in [3.63, 3.8) is 0 Å². The molecule has 2 aliphatic heterocycles. The Bertz CT molecular complexity index is 978. The molecule has 8 heteroatoms. The molecule has 158 valence electrons. The molecule has 2 aliphatic rings. The van der Waals surface area contributed by atoms with Gasteiger partial charge in [0.15, 0.2) is 12.0 Å². The fourth-order valence-corrected chi connectivity index (χ4v) is 3.81. The Morgan fingerprint density at radius 2 is 2.13 bits per heavy atom. The highest BCUT2D eigenvalue weighted by Gasteiger charge is 2.27. The van der Waals surface area contributed by atoms with Crippen molar-refractivity contribution in [2.75, 3.05) is 37.0 Å². The average Bonchev–Trinajstić information content (AvgIpc) is 3.03. The number of ether oxygens (including phenoxy) is 2. The molecule has 1 unspecified atom stereocenters. The summed E-state index contributed by atoms with van der Waals surface area (Å²) in [6.45, 7) is 3.05. The zero-order valence-corrected chi connectivity index (χ0v) is 17.2. The number of nitrogens with two attached hydrogens (primary N) is 1. The molecule has 2 aromatic carbocycles. The predicted octanol–water partition coefficient (Wildman–Crippen LogP) is 2.53. The van der Waals surface area contributed by atoms with Crippen molar-refractivity contribution in [3.8, 4) is 11.5 Å². The van der Waals surface area contributed by atoms with Gasteiger partial charge in [-0.1, -0.05) is 6.07 Å². The summed E-state index contributed by atoms with van der Waals surface area (Å²) in [4.78, 5) is 28.0. The third-order valence-electron chi connectivity index (χ3n) is 5.46. The Morgan fingerprint density at radius 3 is 2.93 bits per heavy atom. The van der Waals surface area contributed by atoms with Gasteiger partial charge < -0.3 is 24.6 Å². The van der Waals surface area contributed by atoms with E-state index in [0.717, 1.165) is 16.9 Å². The van der Waals surface area contributed by atoms with Crippen molar-refractivity contribution in [1.82, 2.24) is 4.90 Å². The van der Waals surface area contributed by atoms with Gasteiger partial charge in [0.1, 0.15) is 11.4 Å². The molecule has 0 aliphatic carbocycles. The number of fused-ring (bicyclic) bond motifs is 2. The van der Waals surface area contributed by atoms with E-state index in [0.29, 0.717) is 43.2 Å². The molecule has 1 amide bonds. The summed E-state index contributed by atoms with van der Waals surface area (Å²) in [7, 11) is 1.92. The van der Waals surface area contributed by atoms with Crippen LogP contribution in [-0.4, -0.2) is 49.8 Å². The summed E-state index contributed by atoms with van der Waals surface area (Å²) in [5, 5.41) is 3.22. The van der Waals surface area contributed by atoms with Gasteiger partial charge in [0.05, 0.1) is 18.7 Å². The first-order chi connectivity index (χ1) is 14.5. The molecule has 0 saturated carbocycles. The molecular weight excluding hydrogens is 384 g/mol. The number of esters is 1. The topological polar surface area (TPSA) is 97.1 Å². The van der Waals surface area contributed by atoms with Gasteiger partial charge >= 0.3 is 5.97 Å². The van der Waals surface area contributed by atoms with E-state index in [9.17, 15) is 9.59 Å². The van der Waals surface area contributed by atoms with Gasteiger partial charge in [-0.3, -0.25) is 15.3 Å². The van der Waals surface area contributed by atoms with Crippen LogP contribution < -0.4 is 20.7 Å². The van der Waals surface area contributed by atoms with Crippen LogP contribution in [0.2, 0.25) is 0 Å². The first-order valence-electron chi connectivity index (χ1n) is 10.1. The van der Waals surface area contributed by atoms with E-state index >= 15 is 0 Å². The number of rotatable bonds is 6. The normalized spacial score (nSPS) is 17.3. The van der Waals surface area contributed by atoms with Crippen molar-refractivity contribution in [1.29, 1.82) is 0 Å². The van der Waals surface area contributed by atoms with E-state index in [-0.39, 0.29) is 24.6 Å². The molecule has 3 N–H and O–H groups in total. The van der Waals surface area contributed by atoms with Crippen LogP contribution in [0.25, 0.3) is 0 Å². The first kappa shape index (κ1) is 20.0. The fraction of sp³-hybridized carbons (Fsp3) is 0.364. The van der Waals surface area contributed by atoms with E-state index in [1.807, 2.05) is 36.2 Å². The maximum absolute atomic E-state index is 12.8. The van der Waals surface area contributed by atoms with E-state index < -0.39 is 0 Å². The number of anilines is 2. The van der Waals surface area contributed by atoms with Crippen molar-refractivity contribution in [3.05, 3.63) is 47.5 Å². The summed E-state index contributed by atoms with van der Waals surface area (Å²) in [6, 6.07) is 11.3. The molecule has 0 spiro atoms. The second-order valence-corrected chi connectivity index (χ2v) is 7.37. The number of nitrogens with one attached hydrogen (secondary N) is 1. The van der Waals surface area contributed by atoms with Gasteiger partial charge in [-0.15, -0.1) is 0 Å². The van der Waals surface area contributed by atoms with Gasteiger partial charge in [-0.2, -0.15) is 0 Å². The Kier molecular flexibility index (Phi) is 5.50. The van der Waals surface area contributed by atoms with Crippen LogP contribution >= 0.6 is 0 Å². The molecule has 0 saturated heterocycles. The molecule has 0 bridgehead atoms. The number of hydrogen-bond donors (Lipinski definition) is 2. The molecule has 1 atom stereocenters. The Labute approximate surface area is 175 Å². The van der Waals surface area contributed by atoms with Gasteiger partial charge in [0, 0.05) is 25.7 Å². The smallest absolute Gasteiger partial charge is 0.307 e. The zero-order chi connectivity index (χ0) is 21.3. The summed E-state index contributed by atoms with van der Waals surface area (Å²) < 4.78 is 11.1. The van der Waals surface area contributed by atoms with Crippen LogP contribution in [0, 0.1) is 0 Å². The Morgan fingerprint density at radius 1 is 1.30 bits per heavy atom. The molecule has 0 radical (unpaired) electrons. The van der Waals surface area contributed by atoms with Crippen LogP contribution in [0.15, 0.2) is 36.4 Å². The fourth-order valence-electron chi connectivity index (χ4n) is 3.81. The SMILES string of the molecule is CCOC(=O)CCN1CCc2cc(Oc3cccc4c3NC(N)N4C)ccc2C1=O. The van der Waals surface area contributed by atoms with E-state index in [1.54, 1.807) is 24.0 Å². The molecular formula is C22H26N4O4. The van der Waals surface area contributed by atoms with Crippen LogP contribution in [0.5, 0.6) is 11.5 Å². The van der Waals surface area contributed by atoms with E-state index in [1.165, 1.54) is 0 Å². The maximum Gasteiger partial charge on any atom is 0.307 e. The Balaban J connectivity index is 1.48. The molecule has 30 heavy (non-hydrogen) atoms. The molecule has 0 aromatic heterocycles. The number of carbonyl (C=O) groups is 2. The molecule has 4 rings (SSSR count). The predicted molar refractivity (Wildman–Crippen MR) is 114 cm³/mol. The van der Waals surface area contributed by atoms with Crippen molar-refractivity contribution in [2.24, 2.45) is 5.73 Å². The number of nitrogens with zero attached hydrogens (tertiary/aromatic N) is 2. The van der Waals surface area contributed by atoms with Crippen molar-refractivity contribution >= 4 is 23.3 Å². The second kappa shape index (κ2) is 8.23. The first-order valence-corrected chi connectivity index (χ1v) is 10.1. The number of benzene rings is 2. The van der Waals surface area contributed by atoms with Crippen LogP contribution in [0.4, 0.5) is 11.4 Å². The van der Waals surface area contributed by atoms with Crippen molar-refractivity contribution < 1.29 is 19.1 Å². The largest absolute Gasteiger partial charge is 0.466 e. The van der Waals surface area contributed by atoms with Gasteiger partial charge in [-0.05, 0) is 49.2 Å². The number of para-hydroxylation sites is 1. The summed E-state index contributed by atoms with van der Waals surface area (Å²) in [5.41, 5.74) is 9.48. The minimum Gasteiger partial charge on any atom is -0.466 e. The number of amides is 1. The highest BCUT2D eigenvalue weighted by atomic mass is 16.5. The third-order valence-corrected chi connectivity index (χ3v) is 5.46. The van der Waals surface area contributed by atoms with Crippen LogP contribution in [0.3, 0.4) is 0 Å². The minimum absolute atomic E-state index is 0.0676. The van der Waals surface area contributed by atoms with Gasteiger partial charge in [0.25, 0.3) is 5.91 Å². The van der Waals surface area contributed by atoms with E-state index in [2.05, 4.69) is 5.32 Å². The lowest BCUT2D eigenvalue weighted by molar-refractivity contribution is -0.143. The van der Waals surface area contributed by atoms with E-state index in [4.69, 9.17) is 15.2 Å². The number of hydrogen-bond acceptors (Lipinski definition) is 7. The highest BCUT2D eigenvalue weighted by molar-refractivity contribution is 5.97. The van der Waals surface area contributed by atoms with Crippen molar-refractivity contribution in [2.45, 2.75) is 26.1 Å². The standard InChI is InChI=1S/C22H26N4O4/c1-3-29-19(27)10-12-26-11-9-14-13-15(7-8-16(14)21(26)28)30-18-6-4-5-17-20(18)24-22(23)25(17)2/h4-8,13,22,24H,3,9-12,23H2,1-2H3. The maximum atomic E-state index is 12.8. The number of carbonyl (C=O) groups excluding carboxylic acids is 2. The monoisotopic (exact) mass is 410 g/mol. The third kappa shape index (κ3) is 3.78. The summed E-state index contributed by atoms with van der Waals surface area (Å²) in [6.07, 6.45) is 0.616. The molecule has 0 fully saturated rings. The lowest BCUT2D eigenvalue weighted by Gasteiger charge is -2.28. The molecule has 8 nitrogen and oxygen atoms in total. The van der Waals surface area contributed by atoms with Crippen LogP contribution in [-0.2, 0) is 16.0 Å².